The highest BCUT2D eigenvalue weighted by Crippen LogP contribution is 2.32. The number of thiocarbonyl (C=S) groups is 1. The normalized spacial score (nSPS) is 23.1. The number of thiazole rings is 1. The number of fused-ring (bicyclic) bond motifs is 1. The molecular weight excluding hydrogens is 286 g/mol. The molecule has 0 spiro atoms. The minimum atomic E-state index is 0.554. The molecule has 1 aromatic heterocycles. The molecule has 0 aliphatic heterocycles. The van der Waals surface area contributed by atoms with Gasteiger partial charge in [-0.2, -0.15) is 0 Å². The summed E-state index contributed by atoms with van der Waals surface area (Å²) in [5, 5.41) is 8.45. The number of hydrogen-bond acceptors (Lipinski definition) is 3. The maximum atomic E-state index is 5.43. The highest BCUT2D eigenvalue weighted by atomic mass is 32.1. The van der Waals surface area contributed by atoms with E-state index in [0.29, 0.717) is 6.04 Å². The van der Waals surface area contributed by atoms with Crippen molar-refractivity contribution in [3.8, 4) is 0 Å². The van der Waals surface area contributed by atoms with E-state index in [0.717, 1.165) is 22.6 Å². The Kier molecular flexibility index (Phi) is 4.56. The molecule has 2 aliphatic carbocycles. The van der Waals surface area contributed by atoms with Gasteiger partial charge in [-0.1, -0.05) is 26.2 Å². The Morgan fingerprint density at radius 3 is 2.85 bits per heavy atom. The first-order valence-corrected chi connectivity index (χ1v) is 8.99. The van der Waals surface area contributed by atoms with Crippen LogP contribution in [0.5, 0.6) is 0 Å². The van der Waals surface area contributed by atoms with Crippen LogP contribution in [0.1, 0.15) is 56.0 Å². The summed E-state index contributed by atoms with van der Waals surface area (Å²) in [5.41, 5.74) is 1.29. The number of aryl methyl sites for hydroxylation is 1. The first kappa shape index (κ1) is 14.3. The van der Waals surface area contributed by atoms with Crippen molar-refractivity contribution in [1.82, 2.24) is 10.3 Å². The van der Waals surface area contributed by atoms with Crippen LogP contribution in [-0.2, 0) is 12.8 Å². The molecule has 0 saturated heterocycles. The Morgan fingerprint density at radius 2 is 2.05 bits per heavy atom. The van der Waals surface area contributed by atoms with E-state index in [4.69, 9.17) is 17.2 Å². The Hall–Kier alpha value is -0.680. The van der Waals surface area contributed by atoms with Gasteiger partial charge in [0.1, 0.15) is 0 Å². The average Bonchev–Trinajstić information content (AvgIpc) is 2.80. The van der Waals surface area contributed by atoms with Crippen LogP contribution in [0.4, 0.5) is 5.13 Å². The second-order valence-electron chi connectivity index (χ2n) is 6.17. The summed E-state index contributed by atoms with van der Waals surface area (Å²) < 4.78 is 0. The van der Waals surface area contributed by atoms with E-state index in [2.05, 4.69) is 17.6 Å². The van der Waals surface area contributed by atoms with Gasteiger partial charge in [0.05, 0.1) is 5.69 Å². The number of rotatable bonds is 2. The molecule has 20 heavy (non-hydrogen) atoms. The van der Waals surface area contributed by atoms with Crippen molar-refractivity contribution in [1.29, 1.82) is 0 Å². The topological polar surface area (TPSA) is 37.0 Å². The number of aromatic nitrogens is 1. The van der Waals surface area contributed by atoms with E-state index < -0.39 is 0 Å². The van der Waals surface area contributed by atoms with Crippen LogP contribution in [0.25, 0.3) is 0 Å². The molecule has 5 heteroatoms. The fraction of sp³-hybridized carbons (Fsp3) is 0.733. The van der Waals surface area contributed by atoms with E-state index in [1.807, 2.05) is 0 Å². The molecular formula is C15H23N3S2. The molecule has 0 amide bonds. The van der Waals surface area contributed by atoms with E-state index >= 15 is 0 Å². The molecule has 0 aromatic carbocycles. The third-order valence-corrected chi connectivity index (χ3v) is 5.60. The lowest BCUT2D eigenvalue weighted by molar-refractivity contribution is 0.415. The lowest BCUT2D eigenvalue weighted by atomic mass is 9.93. The summed E-state index contributed by atoms with van der Waals surface area (Å²) in [4.78, 5) is 6.15. The summed E-state index contributed by atoms with van der Waals surface area (Å²) in [6.07, 6.45) is 10.1. The second kappa shape index (κ2) is 6.39. The van der Waals surface area contributed by atoms with Crippen molar-refractivity contribution >= 4 is 33.8 Å². The van der Waals surface area contributed by atoms with E-state index in [1.54, 1.807) is 11.3 Å². The molecule has 1 atom stereocenters. The van der Waals surface area contributed by atoms with Gasteiger partial charge in [0.2, 0.25) is 0 Å². The third kappa shape index (κ3) is 3.50. The average molecular weight is 310 g/mol. The zero-order valence-electron chi connectivity index (χ0n) is 12.1. The number of nitrogens with zero attached hydrogens (tertiary/aromatic N) is 1. The van der Waals surface area contributed by atoms with Gasteiger partial charge >= 0.3 is 0 Å². The molecule has 3 nitrogen and oxygen atoms in total. The van der Waals surface area contributed by atoms with Gasteiger partial charge < -0.3 is 10.6 Å². The molecule has 110 valence electrons. The summed E-state index contributed by atoms with van der Waals surface area (Å²) in [6, 6.07) is 0.554. The van der Waals surface area contributed by atoms with Crippen LogP contribution in [0.3, 0.4) is 0 Å². The fourth-order valence-corrected chi connectivity index (χ4v) is 4.66. The van der Waals surface area contributed by atoms with Crippen LogP contribution >= 0.6 is 23.6 Å². The first-order chi connectivity index (χ1) is 9.70. The number of hydrogen-bond donors (Lipinski definition) is 2. The smallest absolute Gasteiger partial charge is 0.189 e. The van der Waals surface area contributed by atoms with Gasteiger partial charge in [-0.25, -0.2) is 4.98 Å². The van der Waals surface area contributed by atoms with Crippen molar-refractivity contribution < 1.29 is 0 Å². The first-order valence-electron chi connectivity index (χ1n) is 7.77. The molecule has 3 rings (SSSR count). The zero-order chi connectivity index (χ0) is 13.9. The van der Waals surface area contributed by atoms with Crippen molar-refractivity contribution in [3.63, 3.8) is 0 Å². The number of nitrogens with one attached hydrogen (secondary N) is 2. The van der Waals surface area contributed by atoms with Gasteiger partial charge in [0.15, 0.2) is 10.2 Å². The second-order valence-corrected chi connectivity index (χ2v) is 7.66. The maximum Gasteiger partial charge on any atom is 0.189 e. The molecule has 1 aromatic rings. The monoisotopic (exact) mass is 309 g/mol. The predicted molar refractivity (Wildman–Crippen MR) is 89.5 cm³/mol. The van der Waals surface area contributed by atoms with Crippen LogP contribution in [0.15, 0.2) is 0 Å². The largest absolute Gasteiger partial charge is 0.360 e. The third-order valence-electron chi connectivity index (χ3n) is 4.35. The molecule has 0 radical (unpaired) electrons. The minimum Gasteiger partial charge on any atom is -0.360 e. The van der Waals surface area contributed by atoms with Gasteiger partial charge in [-0.3, -0.25) is 0 Å². The van der Waals surface area contributed by atoms with E-state index in [9.17, 15) is 0 Å². The van der Waals surface area contributed by atoms with Crippen molar-refractivity contribution in [3.05, 3.63) is 10.6 Å². The molecule has 1 saturated carbocycles. The lowest BCUT2D eigenvalue weighted by Gasteiger charge is -2.23. The molecule has 1 unspecified atom stereocenters. The molecule has 0 bridgehead atoms. The highest BCUT2D eigenvalue weighted by Gasteiger charge is 2.20. The minimum absolute atomic E-state index is 0.554. The van der Waals surface area contributed by atoms with Crippen LogP contribution < -0.4 is 10.6 Å². The Labute approximate surface area is 130 Å². The Morgan fingerprint density at radius 1 is 1.25 bits per heavy atom. The molecule has 1 heterocycles. The Balaban J connectivity index is 1.56. The zero-order valence-corrected chi connectivity index (χ0v) is 13.7. The summed E-state index contributed by atoms with van der Waals surface area (Å²) >= 11 is 7.20. The molecule has 1 fully saturated rings. The van der Waals surface area contributed by atoms with Crippen LogP contribution in [0.2, 0.25) is 0 Å². The van der Waals surface area contributed by atoms with Gasteiger partial charge in [-0.05, 0) is 50.2 Å². The quantitative estimate of drug-likeness (QED) is 0.813. The van der Waals surface area contributed by atoms with Gasteiger partial charge in [-0.15, -0.1) is 11.3 Å². The maximum absolute atomic E-state index is 5.43. The Bertz CT molecular complexity index is 477. The summed E-state index contributed by atoms with van der Waals surface area (Å²) in [5.74, 6) is 0.795. The van der Waals surface area contributed by atoms with Crippen molar-refractivity contribution in [2.24, 2.45) is 5.92 Å². The van der Waals surface area contributed by atoms with Crippen molar-refractivity contribution in [2.45, 2.75) is 64.3 Å². The summed E-state index contributed by atoms with van der Waals surface area (Å²) in [7, 11) is 0. The lowest BCUT2D eigenvalue weighted by Crippen LogP contribution is -2.38. The van der Waals surface area contributed by atoms with Crippen molar-refractivity contribution in [2.75, 3.05) is 5.32 Å². The van der Waals surface area contributed by atoms with E-state index in [1.165, 1.54) is 55.5 Å². The highest BCUT2D eigenvalue weighted by molar-refractivity contribution is 7.80. The standard InChI is InChI=1S/C15H23N3S2/c1-10-7-8-12-13(9-10)20-15(17-12)18-14(19)16-11-5-3-2-4-6-11/h10-11H,2-9H2,1H3,(H2,16,17,18,19). The summed E-state index contributed by atoms with van der Waals surface area (Å²) in [6.45, 7) is 2.32. The number of anilines is 1. The molecule has 2 aliphatic rings. The van der Waals surface area contributed by atoms with Crippen LogP contribution in [0, 0.1) is 5.92 Å². The van der Waals surface area contributed by atoms with Crippen LogP contribution in [-0.4, -0.2) is 16.1 Å². The van der Waals surface area contributed by atoms with Gasteiger partial charge in [0.25, 0.3) is 0 Å². The van der Waals surface area contributed by atoms with Gasteiger partial charge in [0, 0.05) is 10.9 Å². The molecule has 2 N–H and O–H groups in total. The van der Waals surface area contributed by atoms with E-state index in [-0.39, 0.29) is 0 Å². The fourth-order valence-electron chi connectivity index (χ4n) is 3.16. The SMILES string of the molecule is CC1CCc2nc(NC(=S)NC3CCCCC3)sc2C1. The predicted octanol–water partition coefficient (Wildman–Crippen LogP) is 3.89.